The third-order valence-electron chi connectivity index (χ3n) is 8.67. The Morgan fingerprint density at radius 2 is 1.67 bits per heavy atom. The van der Waals surface area contributed by atoms with Gasteiger partial charge in [0.05, 0.1) is 5.69 Å². The fourth-order valence-electron chi connectivity index (χ4n) is 6.41. The molecule has 2 aliphatic heterocycles. The number of H-pyrrole nitrogens is 1. The minimum atomic E-state index is -0.185. The van der Waals surface area contributed by atoms with Crippen LogP contribution in [0.1, 0.15) is 80.8 Å². The van der Waals surface area contributed by atoms with E-state index in [1.807, 2.05) is 0 Å². The standard InChI is InChI=1S/C31H42N4O/c1-20(2)28-26-19-24(7-8-27(26)33-29(28)25-17-21(3)32-22(4)18-25)23-9-13-35(14-10-23)30(36)31(5)11-15-34(6)16-12-31/h7-8,17-20,23,33H,9-16H2,1-6H3. The van der Waals surface area contributed by atoms with Gasteiger partial charge in [-0.05, 0) is 107 Å². The molecule has 0 spiro atoms. The van der Waals surface area contributed by atoms with Gasteiger partial charge in [-0.3, -0.25) is 9.78 Å². The van der Waals surface area contributed by atoms with Gasteiger partial charge in [0.2, 0.25) is 5.91 Å². The van der Waals surface area contributed by atoms with Gasteiger partial charge in [0.1, 0.15) is 0 Å². The zero-order valence-corrected chi connectivity index (χ0v) is 22.9. The summed E-state index contributed by atoms with van der Waals surface area (Å²) in [6.45, 7) is 14.7. The fourth-order valence-corrected chi connectivity index (χ4v) is 6.41. The van der Waals surface area contributed by atoms with Crippen molar-refractivity contribution in [1.29, 1.82) is 0 Å². The van der Waals surface area contributed by atoms with Gasteiger partial charge >= 0.3 is 0 Å². The number of carbonyl (C=O) groups is 1. The number of rotatable bonds is 4. The second-order valence-electron chi connectivity index (χ2n) is 11.9. The van der Waals surface area contributed by atoms with Gasteiger partial charge in [-0.25, -0.2) is 0 Å². The second-order valence-corrected chi connectivity index (χ2v) is 11.9. The predicted molar refractivity (Wildman–Crippen MR) is 148 cm³/mol. The lowest BCUT2D eigenvalue weighted by Crippen LogP contribution is -2.50. The number of fused-ring (bicyclic) bond motifs is 1. The summed E-state index contributed by atoms with van der Waals surface area (Å²) in [6.07, 6.45) is 4.04. The number of amides is 1. The van der Waals surface area contributed by atoms with Gasteiger partial charge in [0.15, 0.2) is 0 Å². The van der Waals surface area contributed by atoms with Crippen LogP contribution in [0.25, 0.3) is 22.2 Å². The maximum Gasteiger partial charge on any atom is 0.228 e. The monoisotopic (exact) mass is 486 g/mol. The molecule has 5 heteroatoms. The van der Waals surface area contributed by atoms with E-state index in [1.165, 1.54) is 33.3 Å². The molecule has 1 aromatic carbocycles. The van der Waals surface area contributed by atoms with Gasteiger partial charge in [-0.15, -0.1) is 0 Å². The highest BCUT2D eigenvalue weighted by molar-refractivity contribution is 5.92. The van der Waals surface area contributed by atoms with Gasteiger partial charge < -0.3 is 14.8 Å². The molecule has 0 unspecified atom stereocenters. The van der Waals surface area contributed by atoms with Crippen molar-refractivity contribution in [3.63, 3.8) is 0 Å². The molecule has 5 rings (SSSR count). The molecule has 36 heavy (non-hydrogen) atoms. The molecule has 1 N–H and O–H groups in total. The molecule has 2 aromatic heterocycles. The van der Waals surface area contributed by atoms with Crippen LogP contribution in [-0.4, -0.2) is 58.9 Å². The smallest absolute Gasteiger partial charge is 0.228 e. The largest absolute Gasteiger partial charge is 0.354 e. The predicted octanol–water partition coefficient (Wildman–Crippen LogP) is 6.41. The average molecular weight is 487 g/mol. The van der Waals surface area contributed by atoms with Crippen molar-refractivity contribution in [3.8, 4) is 11.3 Å². The van der Waals surface area contributed by atoms with Crippen molar-refractivity contribution in [2.24, 2.45) is 5.41 Å². The Morgan fingerprint density at radius 3 is 2.28 bits per heavy atom. The van der Waals surface area contributed by atoms with Crippen LogP contribution in [0.3, 0.4) is 0 Å². The highest BCUT2D eigenvalue weighted by atomic mass is 16.2. The minimum absolute atomic E-state index is 0.185. The summed E-state index contributed by atoms with van der Waals surface area (Å²) >= 11 is 0. The number of nitrogens with zero attached hydrogens (tertiary/aromatic N) is 3. The maximum absolute atomic E-state index is 13.4. The Morgan fingerprint density at radius 1 is 1.03 bits per heavy atom. The van der Waals surface area contributed by atoms with E-state index < -0.39 is 0 Å². The molecule has 2 aliphatic rings. The van der Waals surface area contributed by atoms with Crippen molar-refractivity contribution in [3.05, 3.63) is 52.8 Å². The lowest BCUT2D eigenvalue weighted by Gasteiger charge is -2.42. The summed E-state index contributed by atoms with van der Waals surface area (Å²) in [7, 11) is 2.16. The Kier molecular flexibility index (Phi) is 6.71. The zero-order chi connectivity index (χ0) is 25.6. The molecule has 1 amide bonds. The number of aryl methyl sites for hydroxylation is 2. The second kappa shape index (κ2) is 9.66. The maximum atomic E-state index is 13.4. The number of nitrogens with one attached hydrogen (secondary N) is 1. The molecular weight excluding hydrogens is 444 g/mol. The van der Waals surface area contributed by atoms with E-state index in [1.54, 1.807) is 0 Å². The molecule has 5 nitrogen and oxygen atoms in total. The van der Waals surface area contributed by atoms with Gasteiger partial charge in [-0.2, -0.15) is 0 Å². The quantitative estimate of drug-likeness (QED) is 0.464. The van der Waals surface area contributed by atoms with E-state index in [4.69, 9.17) is 0 Å². The Balaban J connectivity index is 1.37. The van der Waals surface area contributed by atoms with E-state index in [0.717, 1.165) is 63.3 Å². The molecular formula is C31H42N4O. The van der Waals surface area contributed by atoms with Crippen LogP contribution in [0.2, 0.25) is 0 Å². The number of aromatic nitrogens is 2. The number of benzene rings is 1. The Bertz CT molecular complexity index is 1240. The summed E-state index contributed by atoms with van der Waals surface area (Å²) < 4.78 is 0. The van der Waals surface area contributed by atoms with Crippen molar-refractivity contribution >= 4 is 16.8 Å². The van der Waals surface area contributed by atoms with Crippen LogP contribution in [0.15, 0.2) is 30.3 Å². The van der Waals surface area contributed by atoms with Crippen molar-refractivity contribution in [1.82, 2.24) is 19.8 Å². The lowest BCUT2D eigenvalue weighted by molar-refractivity contribution is -0.145. The molecule has 0 radical (unpaired) electrons. The van der Waals surface area contributed by atoms with Gasteiger partial charge in [-0.1, -0.05) is 26.8 Å². The summed E-state index contributed by atoms with van der Waals surface area (Å²) in [5.41, 5.74) is 8.36. The fraction of sp³-hybridized carbons (Fsp3) is 0.548. The number of carbonyl (C=O) groups excluding carboxylic acids is 1. The lowest BCUT2D eigenvalue weighted by atomic mass is 9.78. The first-order valence-corrected chi connectivity index (χ1v) is 13.7. The number of likely N-dealkylation sites (tertiary alicyclic amines) is 2. The Labute approximate surface area is 216 Å². The zero-order valence-electron chi connectivity index (χ0n) is 22.9. The van der Waals surface area contributed by atoms with Crippen LogP contribution in [0, 0.1) is 19.3 Å². The van der Waals surface area contributed by atoms with E-state index >= 15 is 0 Å². The number of hydrogen-bond donors (Lipinski definition) is 1. The van der Waals surface area contributed by atoms with E-state index in [2.05, 4.69) is 91.8 Å². The molecule has 2 saturated heterocycles. The van der Waals surface area contributed by atoms with Gasteiger partial charge in [0, 0.05) is 46.4 Å². The number of piperidine rings is 2. The molecule has 0 aliphatic carbocycles. The van der Waals surface area contributed by atoms with Crippen LogP contribution in [0.4, 0.5) is 0 Å². The van der Waals surface area contributed by atoms with E-state index in [0.29, 0.717) is 17.7 Å². The molecule has 0 bridgehead atoms. The Hall–Kier alpha value is -2.66. The molecule has 3 aromatic rings. The SMILES string of the molecule is Cc1cc(-c2[nH]c3ccc(C4CCN(C(=O)C5(C)CCN(C)CC5)CC4)cc3c2C(C)C)cc(C)n1. The van der Waals surface area contributed by atoms with Crippen LogP contribution in [0.5, 0.6) is 0 Å². The topological polar surface area (TPSA) is 52.2 Å². The third-order valence-corrected chi connectivity index (χ3v) is 8.67. The molecule has 0 saturated carbocycles. The molecule has 192 valence electrons. The normalized spacial score (nSPS) is 19.4. The third kappa shape index (κ3) is 4.70. The molecule has 4 heterocycles. The first-order chi connectivity index (χ1) is 17.1. The summed E-state index contributed by atoms with van der Waals surface area (Å²) in [4.78, 5) is 26.2. The van der Waals surface area contributed by atoms with Crippen molar-refractivity contribution in [2.45, 2.75) is 72.1 Å². The first-order valence-electron chi connectivity index (χ1n) is 13.7. The van der Waals surface area contributed by atoms with Crippen molar-refractivity contribution < 1.29 is 4.79 Å². The van der Waals surface area contributed by atoms with Crippen LogP contribution in [-0.2, 0) is 4.79 Å². The van der Waals surface area contributed by atoms with Crippen LogP contribution >= 0.6 is 0 Å². The highest BCUT2D eigenvalue weighted by Gasteiger charge is 2.40. The molecule has 2 fully saturated rings. The molecule has 0 atom stereocenters. The number of pyridine rings is 1. The highest BCUT2D eigenvalue weighted by Crippen LogP contribution is 2.39. The van der Waals surface area contributed by atoms with E-state index in [-0.39, 0.29) is 5.41 Å². The first kappa shape index (κ1) is 25.0. The van der Waals surface area contributed by atoms with Crippen LogP contribution < -0.4 is 0 Å². The summed E-state index contributed by atoms with van der Waals surface area (Å²) in [5.74, 6) is 1.30. The van der Waals surface area contributed by atoms with E-state index in [9.17, 15) is 4.79 Å². The number of hydrogen-bond acceptors (Lipinski definition) is 3. The summed E-state index contributed by atoms with van der Waals surface area (Å²) in [5, 5.41) is 1.34. The van der Waals surface area contributed by atoms with Gasteiger partial charge in [0.25, 0.3) is 0 Å². The number of aromatic amines is 1. The van der Waals surface area contributed by atoms with Crippen molar-refractivity contribution in [2.75, 3.05) is 33.2 Å². The summed E-state index contributed by atoms with van der Waals surface area (Å²) in [6, 6.07) is 11.4. The average Bonchev–Trinajstić information content (AvgIpc) is 3.24. The minimum Gasteiger partial charge on any atom is -0.354 e.